The first kappa shape index (κ1) is 21.8. The van der Waals surface area contributed by atoms with Crippen LogP contribution in [0.4, 0.5) is 5.69 Å². The highest BCUT2D eigenvalue weighted by molar-refractivity contribution is 7.89. The third kappa shape index (κ3) is 4.31. The Morgan fingerprint density at radius 1 is 1.07 bits per heavy atom. The normalized spacial score (nSPS) is 14.5. The molecule has 0 unspecified atom stereocenters. The molecule has 1 fully saturated rings. The van der Waals surface area contributed by atoms with Crippen LogP contribution >= 0.6 is 0 Å². The zero-order valence-corrected chi connectivity index (χ0v) is 18.5. The van der Waals surface area contributed by atoms with Gasteiger partial charge in [-0.2, -0.15) is 0 Å². The van der Waals surface area contributed by atoms with Crippen molar-refractivity contribution in [2.75, 3.05) is 18.5 Å². The van der Waals surface area contributed by atoms with Crippen molar-refractivity contribution in [3.05, 3.63) is 64.7 Å². The molecule has 158 valence electrons. The van der Waals surface area contributed by atoms with Gasteiger partial charge in [0, 0.05) is 31.8 Å². The summed E-state index contributed by atoms with van der Waals surface area (Å²) >= 11 is 0. The van der Waals surface area contributed by atoms with Crippen molar-refractivity contribution in [1.29, 1.82) is 0 Å². The predicted octanol–water partition coefficient (Wildman–Crippen LogP) is 3.60. The van der Waals surface area contributed by atoms with Crippen molar-refractivity contribution in [1.82, 2.24) is 4.31 Å². The maximum Gasteiger partial charge on any atom is 0.267 e. The van der Waals surface area contributed by atoms with Crippen molar-refractivity contribution >= 4 is 33.6 Å². The van der Waals surface area contributed by atoms with E-state index in [1.54, 1.807) is 49.1 Å². The van der Waals surface area contributed by atoms with Crippen LogP contribution in [0.2, 0.25) is 0 Å². The Morgan fingerprint density at radius 2 is 1.67 bits per heavy atom. The average molecular weight is 427 g/mol. The fourth-order valence-corrected chi connectivity index (χ4v) is 5.29. The summed E-state index contributed by atoms with van der Waals surface area (Å²) < 4.78 is 26.8. The summed E-state index contributed by atoms with van der Waals surface area (Å²) in [5, 5.41) is 0. The SMILES string of the molecule is Cc1cc(C)c(S(=O)(=O)N(C)C(=O)/C=C/c2ccc(N3CCCC3=O)cc2)c(C)c1. The maximum atomic E-state index is 13.0. The predicted molar refractivity (Wildman–Crippen MR) is 118 cm³/mol. The van der Waals surface area contributed by atoms with Gasteiger partial charge in [-0.15, -0.1) is 0 Å². The number of anilines is 1. The molecular formula is C23H26N2O4S. The monoisotopic (exact) mass is 426 g/mol. The Balaban J connectivity index is 1.76. The van der Waals surface area contributed by atoms with Gasteiger partial charge < -0.3 is 4.90 Å². The van der Waals surface area contributed by atoms with Gasteiger partial charge in [0.1, 0.15) is 0 Å². The Kier molecular flexibility index (Phi) is 6.12. The summed E-state index contributed by atoms with van der Waals surface area (Å²) in [6.45, 7) is 6.08. The number of rotatable bonds is 5. The lowest BCUT2D eigenvalue weighted by Gasteiger charge is -2.19. The first-order valence-corrected chi connectivity index (χ1v) is 11.2. The topological polar surface area (TPSA) is 74.8 Å². The van der Waals surface area contributed by atoms with E-state index in [2.05, 4.69) is 0 Å². The molecule has 0 radical (unpaired) electrons. The molecule has 2 aromatic rings. The molecule has 0 spiro atoms. The van der Waals surface area contributed by atoms with E-state index in [0.717, 1.165) is 27.5 Å². The molecule has 1 heterocycles. The highest BCUT2D eigenvalue weighted by Gasteiger charge is 2.27. The first-order valence-electron chi connectivity index (χ1n) is 9.80. The number of amides is 2. The van der Waals surface area contributed by atoms with E-state index >= 15 is 0 Å². The van der Waals surface area contributed by atoms with E-state index in [4.69, 9.17) is 0 Å². The minimum Gasteiger partial charge on any atom is -0.312 e. The van der Waals surface area contributed by atoms with Crippen LogP contribution in [0.5, 0.6) is 0 Å². The summed E-state index contributed by atoms with van der Waals surface area (Å²) in [6, 6.07) is 10.8. The van der Waals surface area contributed by atoms with Gasteiger partial charge in [0.05, 0.1) is 4.90 Å². The molecule has 0 aromatic heterocycles. The molecule has 1 saturated heterocycles. The van der Waals surface area contributed by atoms with Crippen molar-refractivity contribution in [2.45, 2.75) is 38.5 Å². The molecule has 7 heteroatoms. The van der Waals surface area contributed by atoms with Crippen LogP contribution in [0.25, 0.3) is 6.08 Å². The quantitative estimate of drug-likeness (QED) is 0.685. The lowest BCUT2D eigenvalue weighted by Crippen LogP contribution is -2.32. The van der Waals surface area contributed by atoms with E-state index in [1.807, 2.05) is 19.1 Å². The molecule has 3 rings (SSSR count). The standard InChI is InChI=1S/C23H26N2O4S/c1-16-14-17(2)23(18(3)15-16)30(28,29)24(4)21(26)12-9-19-7-10-20(11-8-19)25-13-5-6-22(25)27/h7-12,14-15H,5-6,13H2,1-4H3/b12-9+. The van der Waals surface area contributed by atoms with E-state index in [-0.39, 0.29) is 10.8 Å². The second kappa shape index (κ2) is 8.44. The summed E-state index contributed by atoms with van der Waals surface area (Å²) in [5.41, 5.74) is 3.77. The number of sulfonamides is 1. The molecule has 0 aliphatic carbocycles. The number of benzene rings is 2. The van der Waals surface area contributed by atoms with Gasteiger partial charge >= 0.3 is 0 Å². The number of aryl methyl sites for hydroxylation is 3. The molecule has 0 N–H and O–H groups in total. The van der Waals surface area contributed by atoms with Crippen LogP contribution in [0.15, 0.2) is 47.4 Å². The van der Waals surface area contributed by atoms with Gasteiger partial charge in [0.25, 0.3) is 15.9 Å². The van der Waals surface area contributed by atoms with Crippen LogP contribution in [-0.2, 0) is 19.6 Å². The zero-order chi connectivity index (χ0) is 22.1. The van der Waals surface area contributed by atoms with Gasteiger partial charge in [-0.25, -0.2) is 12.7 Å². The molecule has 2 aromatic carbocycles. The molecule has 1 aliphatic heterocycles. The Labute approximate surface area is 177 Å². The fourth-order valence-electron chi connectivity index (χ4n) is 3.79. The van der Waals surface area contributed by atoms with Gasteiger partial charge in [0.2, 0.25) is 5.91 Å². The number of hydrogen-bond donors (Lipinski definition) is 0. The molecule has 2 amide bonds. The largest absolute Gasteiger partial charge is 0.312 e. The highest BCUT2D eigenvalue weighted by atomic mass is 32.2. The lowest BCUT2D eigenvalue weighted by molar-refractivity contribution is -0.120. The molecular weight excluding hydrogens is 400 g/mol. The third-order valence-corrected chi connectivity index (χ3v) is 7.29. The minimum absolute atomic E-state index is 0.113. The number of carbonyl (C=O) groups is 2. The van der Waals surface area contributed by atoms with Crippen LogP contribution < -0.4 is 4.90 Å². The second-order valence-electron chi connectivity index (χ2n) is 7.61. The van der Waals surface area contributed by atoms with Crippen LogP contribution in [-0.4, -0.2) is 38.1 Å². The number of carbonyl (C=O) groups excluding carboxylic acids is 2. The Hall–Kier alpha value is -2.93. The van der Waals surface area contributed by atoms with E-state index in [9.17, 15) is 18.0 Å². The number of hydrogen-bond acceptors (Lipinski definition) is 4. The third-order valence-electron chi connectivity index (χ3n) is 5.23. The molecule has 0 bridgehead atoms. The van der Waals surface area contributed by atoms with Gasteiger partial charge in [-0.05, 0) is 62.1 Å². The smallest absolute Gasteiger partial charge is 0.267 e. The van der Waals surface area contributed by atoms with Crippen LogP contribution in [0, 0.1) is 20.8 Å². The Morgan fingerprint density at radius 3 is 2.20 bits per heavy atom. The number of likely N-dealkylation sites (N-methyl/N-ethyl adjacent to an activating group) is 1. The minimum atomic E-state index is -3.96. The average Bonchev–Trinajstić information content (AvgIpc) is 3.10. The van der Waals surface area contributed by atoms with Crippen molar-refractivity contribution in [2.24, 2.45) is 0 Å². The maximum absolute atomic E-state index is 13.0. The Bertz CT molecular complexity index is 1100. The van der Waals surface area contributed by atoms with Gasteiger partial charge in [0.15, 0.2) is 0 Å². The van der Waals surface area contributed by atoms with Crippen molar-refractivity contribution in [3.8, 4) is 0 Å². The summed E-state index contributed by atoms with van der Waals surface area (Å²) in [4.78, 5) is 26.3. The van der Waals surface area contributed by atoms with E-state index in [0.29, 0.717) is 24.1 Å². The molecule has 1 aliphatic rings. The van der Waals surface area contributed by atoms with Gasteiger partial charge in [-0.3, -0.25) is 9.59 Å². The zero-order valence-electron chi connectivity index (χ0n) is 17.7. The molecule has 0 saturated carbocycles. The molecule has 0 atom stereocenters. The van der Waals surface area contributed by atoms with Crippen LogP contribution in [0.1, 0.15) is 35.1 Å². The highest BCUT2D eigenvalue weighted by Crippen LogP contribution is 2.25. The fraction of sp³-hybridized carbons (Fsp3) is 0.304. The second-order valence-corrected chi connectivity index (χ2v) is 9.52. The van der Waals surface area contributed by atoms with Crippen molar-refractivity contribution < 1.29 is 18.0 Å². The first-order chi connectivity index (χ1) is 14.1. The lowest BCUT2D eigenvalue weighted by atomic mass is 10.1. The van der Waals surface area contributed by atoms with Crippen LogP contribution in [0.3, 0.4) is 0 Å². The van der Waals surface area contributed by atoms with E-state index in [1.165, 1.54) is 13.1 Å². The summed E-state index contributed by atoms with van der Waals surface area (Å²) in [6.07, 6.45) is 4.23. The molecule has 30 heavy (non-hydrogen) atoms. The van der Waals surface area contributed by atoms with E-state index < -0.39 is 15.9 Å². The van der Waals surface area contributed by atoms with Crippen molar-refractivity contribution in [3.63, 3.8) is 0 Å². The summed E-state index contributed by atoms with van der Waals surface area (Å²) in [5.74, 6) is -0.518. The molecule has 6 nitrogen and oxygen atoms in total. The van der Waals surface area contributed by atoms with Gasteiger partial charge in [-0.1, -0.05) is 29.8 Å². The number of nitrogens with zero attached hydrogens (tertiary/aromatic N) is 2. The summed E-state index contributed by atoms with van der Waals surface area (Å²) in [7, 11) is -2.69.